The lowest BCUT2D eigenvalue weighted by Gasteiger charge is -2.29. The SMILES string of the molecule is CC(C)(C)OC(=O)N1CCc2ccc(Br)cc2C1=O. The largest absolute Gasteiger partial charge is 0.443 e. The van der Waals surface area contributed by atoms with E-state index >= 15 is 0 Å². The van der Waals surface area contributed by atoms with Crippen LogP contribution in [0.3, 0.4) is 0 Å². The minimum Gasteiger partial charge on any atom is -0.443 e. The van der Waals surface area contributed by atoms with E-state index in [2.05, 4.69) is 15.9 Å². The molecule has 19 heavy (non-hydrogen) atoms. The Kier molecular flexibility index (Phi) is 3.67. The second-order valence-corrected chi connectivity index (χ2v) is 6.40. The highest BCUT2D eigenvalue weighted by Crippen LogP contribution is 2.24. The zero-order chi connectivity index (χ0) is 14.2. The maximum atomic E-state index is 12.3. The van der Waals surface area contributed by atoms with Crippen molar-refractivity contribution >= 4 is 27.9 Å². The first kappa shape index (κ1) is 14.1. The van der Waals surface area contributed by atoms with Gasteiger partial charge >= 0.3 is 6.09 Å². The average Bonchev–Trinajstić information content (AvgIpc) is 2.28. The van der Waals surface area contributed by atoms with Gasteiger partial charge in [-0.2, -0.15) is 0 Å². The summed E-state index contributed by atoms with van der Waals surface area (Å²) in [6.07, 6.45) is 0.0799. The van der Waals surface area contributed by atoms with Crippen molar-refractivity contribution in [2.24, 2.45) is 0 Å². The fourth-order valence-electron chi connectivity index (χ4n) is 1.94. The van der Waals surface area contributed by atoms with Crippen molar-refractivity contribution in [3.05, 3.63) is 33.8 Å². The van der Waals surface area contributed by atoms with Crippen LogP contribution in [0.1, 0.15) is 36.7 Å². The van der Waals surface area contributed by atoms with Gasteiger partial charge < -0.3 is 4.74 Å². The molecule has 2 rings (SSSR count). The van der Waals surface area contributed by atoms with Crippen LogP contribution < -0.4 is 0 Å². The number of halogens is 1. The highest BCUT2D eigenvalue weighted by molar-refractivity contribution is 9.10. The summed E-state index contributed by atoms with van der Waals surface area (Å²) in [7, 11) is 0. The molecule has 1 aliphatic rings. The molecule has 1 aromatic rings. The Hall–Kier alpha value is -1.36. The number of fused-ring (bicyclic) bond motifs is 1. The van der Waals surface area contributed by atoms with Crippen LogP contribution in [0.25, 0.3) is 0 Å². The maximum Gasteiger partial charge on any atom is 0.417 e. The highest BCUT2D eigenvalue weighted by atomic mass is 79.9. The Bertz CT molecular complexity index is 534. The third-order valence-corrected chi connectivity index (χ3v) is 3.26. The van der Waals surface area contributed by atoms with Gasteiger partial charge in [-0.3, -0.25) is 4.79 Å². The van der Waals surface area contributed by atoms with Crippen molar-refractivity contribution in [2.45, 2.75) is 32.8 Å². The van der Waals surface area contributed by atoms with Crippen molar-refractivity contribution in [1.82, 2.24) is 4.90 Å². The van der Waals surface area contributed by atoms with Crippen LogP contribution >= 0.6 is 15.9 Å². The first-order chi connectivity index (χ1) is 8.78. The summed E-state index contributed by atoms with van der Waals surface area (Å²) in [5.74, 6) is -0.295. The van der Waals surface area contributed by atoms with Crippen LogP contribution in [0.4, 0.5) is 4.79 Å². The Morgan fingerprint density at radius 1 is 1.37 bits per heavy atom. The van der Waals surface area contributed by atoms with E-state index in [1.54, 1.807) is 26.8 Å². The molecule has 0 aromatic heterocycles. The Morgan fingerprint density at radius 3 is 2.68 bits per heavy atom. The van der Waals surface area contributed by atoms with Gasteiger partial charge in [0.25, 0.3) is 5.91 Å². The standard InChI is InChI=1S/C14H16BrNO3/c1-14(2,3)19-13(18)16-7-6-9-4-5-10(15)8-11(9)12(16)17/h4-5,8H,6-7H2,1-3H3. The first-order valence-corrected chi connectivity index (χ1v) is 6.90. The summed E-state index contributed by atoms with van der Waals surface area (Å²) in [5, 5.41) is 0. The van der Waals surface area contributed by atoms with Crippen molar-refractivity contribution in [3.63, 3.8) is 0 Å². The lowest BCUT2D eigenvalue weighted by molar-refractivity contribution is 0.0233. The van der Waals surface area contributed by atoms with E-state index < -0.39 is 11.7 Å². The van der Waals surface area contributed by atoms with Crippen LogP contribution in [0.2, 0.25) is 0 Å². The molecule has 1 heterocycles. The van der Waals surface area contributed by atoms with E-state index in [1.807, 2.05) is 12.1 Å². The molecule has 0 radical (unpaired) electrons. The van der Waals surface area contributed by atoms with Crippen LogP contribution in [0.15, 0.2) is 22.7 Å². The zero-order valence-corrected chi connectivity index (χ0v) is 12.8. The lowest BCUT2D eigenvalue weighted by Crippen LogP contribution is -2.44. The van der Waals surface area contributed by atoms with E-state index in [-0.39, 0.29) is 5.91 Å². The zero-order valence-electron chi connectivity index (χ0n) is 11.2. The van der Waals surface area contributed by atoms with Crippen molar-refractivity contribution < 1.29 is 14.3 Å². The van der Waals surface area contributed by atoms with Crippen LogP contribution in [-0.4, -0.2) is 29.0 Å². The second-order valence-electron chi connectivity index (χ2n) is 5.49. The molecule has 1 aromatic carbocycles. The third-order valence-electron chi connectivity index (χ3n) is 2.77. The van der Waals surface area contributed by atoms with Gasteiger partial charge in [0.05, 0.1) is 0 Å². The minimum atomic E-state index is -0.602. The number of ether oxygens (including phenoxy) is 1. The monoisotopic (exact) mass is 325 g/mol. The number of amides is 2. The number of rotatable bonds is 0. The normalized spacial score (nSPS) is 15.2. The highest BCUT2D eigenvalue weighted by Gasteiger charge is 2.32. The van der Waals surface area contributed by atoms with E-state index in [0.717, 1.165) is 10.0 Å². The molecule has 5 heteroatoms. The number of hydrogen-bond acceptors (Lipinski definition) is 3. The van der Waals surface area contributed by atoms with E-state index in [0.29, 0.717) is 18.5 Å². The molecule has 0 spiro atoms. The quantitative estimate of drug-likeness (QED) is 0.734. The van der Waals surface area contributed by atoms with Crippen molar-refractivity contribution in [3.8, 4) is 0 Å². The van der Waals surface area contributed by atoms with Crippen LogP contribution in [0.5, 0.6) is 0 Å². The van der Waals surface area contributed by atoms with E-state index in [9.17, 15) is 9.59 Å². The summed E-state index contributed by atoms with van der Waals surface area (Å²) in [6, 6.07) is 5.55. The van der Waals surface area contributed by atoms with Crippen molar-refractivity contribution in [1.29, 1.82) is 0 Å². The number of benzene rings is 1. The molecule has 0 N–H and O–H groups in total. The molecule has 0 saturated heterocycles. The molecule has 0 saturated carbocycles. The Morgan fingerprint density at radius 2 is 2.05 bits per heavy atom. The van der Waals surface area contributed by atoms with E-state index in [1.165, 1.54) is 4.90 Å². The molecule has 102 valence electrons. The lowest BCUT2D eigenvalue weighted by atomic mass is 9.99. The molecule has 0 aliphatic carbocycles. The molecule has 0 atom stereocenters. The fraction of sp³-hybridized carbons (Fsp3) is 0.429. The van der Waals surface area contributed by atoms with Gasteiger partial charge in [-0.05, 0) is 44.9 Å². The first-order valence-electron chi connectivity index (χ1n) is 6.11. The van der Waals surface area contributed by atoms with E-state index in [4.69, 9.17) is 4.74 Å². The molecule has 0 fully saturated rings. The number of nitrogens with zero attached hydrogens (tertiary/aromatic N) is 1. The van der Waals surface area contributed by atoms with Gasteiger partial charge in [0, 0.05) is 16.6 Å². The van der Waals surface area contributed by atoms with Crippen LogP contribution in [-0.2, 0) is 11.2 Å². The minimum absolute atomic E-state index is 0.295. The number of hydrogen-bond donors (Lipinski definition) is 0. The summed E-state index contributed by atoms with van der Waals surface area (Å²) in [5.41, 5.74) is 0.925. The molecule has 0 unspecified atom stereocenters. The van der Waals surface area contributed by atoms with Crippen molar-refractivity contribution in [2.75, 3.05) is 6.54 Å². The van der Waals surface area contributed by atoms with Gasteiger partial charge in [0.1, 0.15) is 5.60 Å². The predicted molar refractivity (Wildman–Crippen MR) is 75.1 cm³/mol. The van der Waals surface area contributed by atoms with Gasteiger partial charge in [0.15, 0.2) is 0 Å². The number of carbonyl (C=O) groups excluding carboxylic acids is 2. The fourth-order valence-corrected chi connectivity index (χ4v) is 2.30. The van der Waals surface area contributed by atoms with Crippen LogP contribution in [0, 0.1) is 0 Å². The molecular formula is C14H16BrNO3. The molecule has 4 nitrogen and oxygen atoms in total. The summed E-state index contributed by atoms with van der Waals surface area (Å²) < 4.78 is 6.07. The Labute approximate surface area is 120 Å². The van der Waals surface area contributed by atoms with Gasteiger partial charge in [-0.15, -0.1) is 0 Å². The summed E-state index contributed by atoms with van der Waals surface area (Å²) in [6.45, 7) is 5.71. The summed E-state index contributed by atoms with van der Waals surface area (Å²) >= 11 is 3.34. The molecule has 1 aliphatic heterocycles. The van der Waals surface area contributed by atoms with Gasteiger partial charge in [-0.25, -0.2) is 9.69 Å². The second kappa shape index (κ2) is 4.96. The average molecular weight is 326 g/mol. The topological polar surface area (TPSA) is 46.6 Å². The van der Waals surface area contributed by atoms with Gasteiger partial charge in [0.2, 0.25) is 0 Å². The number of imide groups is 1. The molecule has 0 bridgehead atoms. The Balaban J connectivity index is 2.24. The maximum absolute atomic E-state index is 12.3. The predicted octanol–water partition coefficient (Wildman–Crippen LogP) is 3.38. The summed E-state index contributed by atoms with van der Waals surface area (Å²) in [4.78, 5) is 25.5. The third kappa shape index (κ3) is 3.15. The number of carbonyl (C=O) groups is 2. The molecular weight excluding hydrogens is 310 g/mol. The van der Waals surface area contributed by atoms with Gasteiger partial charge in [-0.1, -0.05) is 22.0 Å². The molecule has 2 amide bonds. The smallest absolute Gasteiger partial charge is 0.417 e.